The first kappa shape index (κ1) is 31.6. The number of rotatable bonds is 14. The summed E-state index contributed by atoms with van der Waals surface area (Å²) in [7, 11) is -1.32. The lowest BCUT2D eigenvalue weighted by molar-refractivity contribution is -0.162. The number of hydrogen-bond acceptors (Lipinski definition) is 5. The van der Waals surface area contributed by atoms with Crippen molar-refractivity contribution in [1.82, 2.24) is 0 Å². The first-order chi connectivity index (χ1) is 17.8. The first-order valence-corrected chi connectivity index (χ1v) is 17.8. The molecule has 0 aliphatic heterocycles. The Labute approximate surface area is 231 Å². The van der Waals surface area contributed by atoms with Crippen LogP contribution in [0.2, 0.25) is 25.7 Å². The van der Waals surface area contributed by atoms with Crippen molar-refractivity contribution in [1.29, 1.82) is 0 Å². The molecule has 0 spiro atoms. The summed E-state index contributed by atoms with van der Waals surface area (Å²) in [5, 5.41) is 0. The molecule has 0 heterocycles. The summed E-state index contributed by atoms with van der Waals surface area (Å²) >= 11 is 0. The van der Waals surface area contributed by atoms with E-state index in [9.17, 15) is 9.59 Å². The van der Waals surface area contributed by atoms with E-state index in [1.54, 1.807) is 0 Å². The van der Waals surface area contributed by atoms with Gasteiger partial charge in [0, 0.05) is 13.8 Å². The molecule has 6 heteroatoms. The average molecular weight is 540 g/mol. The van der Waals surface area contributed by atoms with Crippen LogP contribution in [0, 0.1) is 11.8 Å². The van der Waals surface area contributed by atoms with Gasteiger partial charge < -0.3 is 15.2 Å². The molecule has 0 aliphatic rings. The number of nitrogen functional groups attached to an aromatic ring is 1. The number of ether oxygens (including phenoxy) is 2. The summed E-state index contributed by atoms with van der Waals surface area (Å²) in [5.74, 6) is -1.06. The molecule has 0 radical (unpaired) electrons. The Kier molecular flexibility index (Phi) is 12.1. The summed E-state index contributed by atoms with van der Waals surface area (Å²) in [4.78, 5) is 26.3. The molecule has 0 saturated carbocycles. The Morgan fingerprint density at radius 1 is 0.921 bits per heavy atom. The lowest BCUT2D eigenvalue weighted by Crippen LogP contribution is -2.32. The summed E-state index contributed by atoms with van der Waals surface area (Å²) in [6.45, 7) is 15.0. The van der Waals surface area contributed by atoms with Crippen molar-refractivity contribution in [3.8, 4) is 11.1 Å². The third kappa shape index (κ3) is 11.8. The van der Waals surface area contributed by atoms with Gasteiger partial charge in [-0.05, 0) is 81.3 Å². The van der Waals surface area contributed by atoms with E-state index in [1.807, 2.05) is 45.0 Å². The Hall–Kier alpha value is -2.60. The molecule has 0 bridgehead atoms. The second-order valence-corrected chi connectivity index (χ2v) is 18.3. The van der Waals surface area contributed by atoms with E-state index in [2.05, 4.69) is 50.8 Å². The molecular formula is C32H49NO4Si. The molecule has 2 atom stereocenters. The third-order valence-electron chi connectivity index (χ3n) is 6.60. The zero-order valence-electron chi connectivity index (χ0n) is 24.6. The van der Waals surface area contributed by atoms with Crippen molar-refractivity contribution in [3.63, 3.8) is 0 Å². The molecular weight excluding hydrogens is 490 g/mol. The van der Waals surface area contributed by atoms with E-state index in [0.717, 1.165) is 54.1 Å². The highest BCUT2D eigenvalue weighted by Gasteiger charge is 2.31. The fourth-order valence-electron chi connectivity index (χ4n) is 4.34. The van der Waals surface area contributed by atoms with E-state index in [1.165, 1.54) is 0 Å². The lowest BCUT2D eigenvalue weighted by Gasteiger charge is -2.26. The zero-order valence-corrected chi connectivity index (χ0v) is 25.6. The van der Waals surface area contributed by atoms with Gasteiger partial charge in [0.2, 0.25) is 0 Å². The molecule has 0 unspecified atom stereocenters. The van der Waals surface area contributed by atoms with Gasteiger partial charge in [0.15, 0.2) is 0 Å². The van der Waals surface area contributed by atoms with Gasteiger partial charge in [-0.15, -0.1) is 0 Å². The Morgan fingerprint density at radius 3 is 2.16 bits per heavy atom. The van der Waals surface area contributed by atoms with Crippen LogP contribution in [0.4, 0.5) is 5.69 Å². The predicted octanol–water partition coefficient (Wildman–Crippen LogP) is 7.90. The number of carbonyl (C=O) groups is 2. The molecule has 0 fully saturated rings. The minimum Gasteiger partial charge on any atom is -0.466 e. The van der Waals surface area contributed by atoms with Crippen molar-refractivity contribution in [2.45, 2.75) is 97.5 Å². The van der Waals surface area contributed by atoms with Gasteiger partial charge in [0.25, 0.3) is 0 Å². The predicted molar refractivity (Wildman–Crippen MR) is 161 cm³/mol. The van der Waals surface area contributed by atoms with Crippen molar-refractivity contribution in [2.75, 3.05) is 12.3 Å². The average Bonchev–Trinajstić information content (AvgIpc) is 2.82. The summed E-state index contributed by atoms with van der Waals surface area (Å²) < 4.78 is 11.5. The van der Waals surface area contributed by atoms with Crippen LogP contribution in [0.1, 0.15) is 65.4 Å². The van der Waals surface area contributed by atoms with E-state index in [-0.39, 0.29) is 23.8 Å². The third-order valence-corrected chi connectivity index (χ3v) is 8.30. The van der Waals surface area contributed by atoms with Gasteiger partial charge in [-0.1, -0.05) is 75.8 Å². The fourth-order valence-corrected chi connectivity index (χ4v) is 5.06. The summed E-state index contributed by atoms with van der Waals surface area (Å²) in [6, 6.07) is 17.2. The van der Waals surface area contributed by atoms with Crippen molar-refractivity contribution in [2.24, 2.45) is 11.8 Å². The van der Waals surface area contributed by atoms with E-state index in [4.69, 9.17) is 15.2 Å². The number of benzene rings is 2. The number of hydrogen-bond donors (Lipinski definition) is 1. The number of aryl methyl sites for hydroxylation is 1. The molecule has 2 aromatic carbocycles. The number of carbonyl (C=O) groups excluding carboxylic acids is 2. The van der Waals surface area contributed by atoms with Crippen molar-refractivity contribution < 1.29 is 19.1 Å². The maximum Gasteiger partial charge on any atom is 0.309 e. The van der Waals surface area contributed by atoms with Crippen LogP contribution in [0.5, 0.6) is 0 Å². The number of esters is 2. The van der Waals surface area contributed by atoms with Crippen LogP contribution in [0.25, 0.3) is 11.1 Å². The second-order valence-electron chi connectivity index (χ2n) is 12.6. The highest BCUT2D eigenvalue weighted by Crippen LogP contribution is 2.28. The van der Waals surface area contributed by atoms with Crippen molar-refractivity contribution in [3.05, 3.63) is 54.1 Å². The molecule has 2 rings (SSSR count). The van der Waals surface area contributed by atoms with Gasteiger partial charge in [0.1, 0.15) is 5.60 Å². The van der Waals surface area contributed by atoms with Gasteiger partial charge in [0.05, 0.1) is 18.4 Å². The molecule has 0 aromatic heterocycles. The van der Waals surface area contributed by atoms with E-state index in [0.29, 0.717) is 19.4 Å². The SMILES string of the molecule is CCCC[C@@H](C[C@@H](CCc1ccc(-c2cccc(N)c2)cc1)C(=O)OCC[Si](C)(C)C)C(=O)OC(C)(C)C. The Morgan fingerprint density at radius 2 is 1.58 bits per heavy atom. The van der Waals surface area contributed by atoms with Crippen LogP contribution < -0.4 is 5.73 Å². The molecule has 0 saturated heterocycles. The van der Waals surface area contributed by atoms with Gasteiger partial charge in [-0.3, -0.25) is 9.59 Å². The van der Waals surface area contributed by atoms with Crippen LogP contribution in [0.15, 0.2) is 48.5 Å². The highest BCUT2D eigenvalue weighted by molar-refractivity contribution is 6.76. The van der Waals surface area contributed by atoms with E-state index < -0.39 is 13.7 Å². The molecule has 2 N–H and O–H groups in total. The molecule has 2 aromatic rings. The largest absolute Gasteiger partial charge is 0.466 e. The minimum atomic E-state index is -1.32. The highest BCUT2D eigenvalue weighted by atomic mass is 28.3. The first-order valence-electron chi connectivity index (χ1n) is 14.1. The second kappa shape index (κ2) is 14.5. The topological polar surface area (TPSA) is 78.6 Å². The fraction of sp³-hybridized carbons (Fsp3) is 0.562. The summed E-state index contributed by atoms with van der Waals surface area (Å²) in [5.41, 5.74) is 9.47. The number of unbranched alkanes of at least 4 members (excludes halogenated alkanes) is 1. The standard InChI is InChI=1S/C32H49NO4Si/c1-8-9-11-27(31(35)37-32(2,3)4)22-28(30(34)36-20-21-38(5,6)7)19-16-24-14-17-25(18-15-24)26-12-10-13-29(33)23-26/h10,12-15,17-18,23,27-28H,8-9,11,16,19-22,33H2,1-7H3/t27-,28+/m0/s1. The van der Waals surface area contributed by atoms with Crippen LogP contribution in [-0.2, 0) is 25.5 Å². The van der Waals surface area contributed by atoms with Crippen molar-refractivity contribution >= 4 is 25.7 Å². The lowest BCUT2D eigenvalue weighted by atomic mass is 9.86. The molecule has 210 valence electrons. The Bertz CT molecular complexity index is 1020. The minimum absolute atomic E-state index is 0.190. The number of nitrogens with two attached hydrogens (primary N) is 1. The quantitative estimate of drug-likeness (QED) is 0.150. The molecule has 5 nitrogen and oxygen atoms in total. The normalized spacial score (nSPS) is 13.6. The van der Waals surface area contributed by atoms with Gasteiger partial charge >= 0.3 is 11.9 Å². The molecule has 0 aliphatic carbocycles. The maximum absolute atomic E-state index is 13.3. The van der Waals surface area contributed by atoms with Gasteiger partial charge in [-0.2, -0.15) is 0 Å². The number of anilines is 1. The maximum atomic E-state index is 13.3. The van der Waals surface area contributed by atoms with Crippen LogP contribution >= 0.6 is 0 Å². The smallest absolute Gasteiger partial charge is 0.309 e. The van der Waals surface area contributed by atoms with E-state index >= 15 is 0 Å². The molecule has 0 amide bonds. The zero-order chi connectivity index (χ0) is 28.3. The van der Waals surface area contributed by atoms with Crippen LogP contribution in [0.3, 0.4) is 0 Å². The summed E-state index contributed by atoms with van der Waals surface area (Å²) in [6.07, 6.45) is 4.46. The Balaban J connectivity index is 2.15. The monoisotopic (exact) mass is 539 g/mol. The van der Waals surface area contributed by atoms with Gasteiger partial charge in [-0.25, -0.2) is 0 Å². The molecule has 38 heavy (non-hydrogen) atoms. The van der Waals surface area contributed by atoms with Crippen LogP contribution in [-0.4, -0.2) is 32.2 Å².